The van der Waals surface area contributed by atoms with Crippen LogP contribution >= 0.6 is 23.2 Å². The number of hydrogen-bond donors (Lipinski definition) is 1. The maximum Gasteiger partial charge on any atom is 0.274 e. The van der Waals surface area contributed by atoms with E-state index in [-0.39, 0.29) is 11.9 Å². The number of primary amides is 1. The molecule has 0 radical (unpaired) electrons. The zero-order valence-corrected chi connectivity index (χ0v) is 22.9. The topological polar surface area (TPSA) is 103 Å². The smallest absolute Gasteiger partial charge is 0.274 e. The Labute approximate surface area is 235 Å². The van der Waals surface area contributed by atoms with Crippen molar-refractivity contribution in [3.05, 3.63) is 81.2 Å². The summed E-state index contributed by atoms with van der Waals surface area (Å²) in [7, 11) is 3.44. The van der Waals surface area contributed by atoms with E-state index in [1.807, 2.05) is 19.2 Å². The minimum atomic E-state index is -0.567. The van der Waals surface area contributed by atoms with Crippen LogP contribution in [-0.2, 0) is 12.8 Å². The van der Waals surface area contributed by atoms with E-state index in [9.17, 15) is 9.59 Å². The van der Waals surface area contributed by atoms with Crippen LogP contribution in [0.1, 0.15) is 44.8 Å². The first kappa shape index (κ1) is 25.4. The molecule has 10 heteroatoms. The van der Waals surface area contributed by atoms with Gasteiger partial charge < -0.3 is 15.4 Å². The second kappa shape index (κ2) is 9.70. The third kappa shape index (κ3) is 4.53. The Balaban J connectivity index is 1.59. The van der Waals surface area contributed by atoms with E-state index >= 15 is 0 Å². The van der Waals surface area contributed by atoms with Crippen molar-refractivity contribution in [1.29, 1.82) is 0 Å². The normalized spacial score (nSPS) is 13.9. The molecule has 2 heterocycles. The van der Waals surface area contributed by atoms with E-state index in [4.69, 9.17) is 38.8 Å². The SMILES string of the molecule is COc1cc2c(cc1-c1cncc(C(N)=O)c1)-c1c(c(C(=O)N(C)C3CC3)nn1-c1cc(Cl)cc(Cl)c1)CC2. The highest BCUT2D eigenvalue weighted by Gasteiger charge is 2.36. The number of pyridine rings is 1. The number of aromatic nitrogens is 3. The van der Waals surface area contributed by atoms with Gasteiger partial charge in [-0.25, -0.2) is 4.68 Å². The third-order valence-corrected chi connectivity index (χ3v) is 7.79. The van der Waals surface area contributed by atoms with Crippen LogP contribution in [0.3, 0.4) is 0 Å². The van der Waals surface area contributed by atoms with Crippen molar-refractivity contribution in [2.75, 3.05) is 14.2 Å². The number of carbonyl (C=O) groups is 2. The molecule has 4 aromatic rings. The lowest BCUT2D eigenvalue weighted by atomic mass is 9.86. The number of rotatable bonds is 6. The Bertz CT molecular complexity index is 1640. The van der Waals surface area contributed by atoms with Gasteiger partial charge in [-0.2, -0.15) is 5.10 Å². The number of ether oxygens (including phenoxy) is 1. The fourth-order valence-corrected chi connectivity index (χ4v) is 5.72. The van der Waals surface area contributed by atoms with Crippen molar-refractivity contribution >= 4 is 35.0 Å². The lowest BCUT2D eigenvalue weighted by Crippen LogP contribution is -2.30. The molecular formula is C29H25Cl2N5O3. The predicted octanol–water partition coefficient (Wildman–Crippen LogP) is 5.35. The highest BCUT2D eigenvalue weighted by Crippen LogP contribution is 2.43. The molecule has 0 aliphatic heterocycles. The van der Waals surface area contributed by atoms with E-state index < -0.39 is 5.91 Å². The molecule has 0 unspecified atom stereocenters. The molecule has 1 fully saturated rings. The second-order valence-corrected chi connectivity index (χ2v) is 10.8. The molecule has 39 heavy (non-hydrogen) atoms. The van der Waals surface area contributed by atoms with E-state index in [1.54, 1.807) is 47.2 Å². The van der Waals surface area contributed by atoms with Gasteiger partial charge in [-0.15, -0.1) is 0 Å². The predicted molar refractivity (Wildman–Crippen MR) is 150 cm³/mol. The largest absolute Gasteiger partial charge is 0.496 e. The van der Waals surface area contributed by atoms with Crippen molar-refractivity contribution in [1.82, 2.24) is 19.7 Å². The highest BCUT2D eigenvalue weighted by atomic mass is 35.5. The Hall–Kier alpha value is -3.88. The van der Waals surface area contributed by atoms with E-state index in [0.717, 1.165) is 40.8 Å². The van der Waals surface area contributed by atoms with E-state index in [1.165, 1.54) is 6.20 Å². The second-order valence-electron chi connectivity index (χ2n) is 9.90. The number of amides is 2. The minimum Gasteiger partial charge on any atom is -0.496 e. The van der Waals surface area contributed by atoms with Crippen molar-refractivity contribution in [3.63, 3.8) is 0 Å². The van der Waals surface area contributed by atoms with Gasteiger partial charge in [-0.05, 0) is 67.6 Å². The maximum absolute atomic E-state index is 13.6. The fourth-order valence-electron chi connectivity index (χ4n) is 5.20. The molecule has 0 atom stereocenters. The molecule has 2 aromatic heterocycles. The highest BCUT2D eigenvalue weighted by molar-refractivity contribution is 6.34. The van der Waals surface area contributed by atoms with E-state index in [0.29, 0.717) is 51.1 Å². The molecule has 2 aliphatic carbocycles. The molecule has 0 spiro atoms. The van der Waals surface area contributed by atoms with Gasteiger partial charge in [0.1, 0.15) is 5.75 Å². The first-order valence-corrected chi connectivity index (χ1v) is 13.3. The molecule has 198 valence electrons. The van der Waals surface area contributed by atoms with Gasteiger partial charge in [0.25, 0.3) is 5.91 Å². The zero-order valence-electron chi connectivity index (χ0n) is 21.4. The van der Waals surface area contributed by atoms with Crippen molar-refractivity contribution in [2.24, 2.45) is 5.73 Å². The first-order chi connectivity index (χ1) is 18.7. The maximum atomic E-state index is 13.6. The molecule has 2 aliphatic rings. The zero-order chi connectivity index (χ0) is 27.4. The van der Waals surface area contributed by atoms with Crippen LogP contribution in [0.4, 0.5) is 0 Å². The van der Waals surface area contributed by atoms with Gasteiger partial charge in [-0.1, -0.05) is 23.2 Å². The number of methoxy groups -OCH3 is 1. The molecule has 0 saturated heterocycles. The van der Waals surface area contributed by atoms with Gasteiger partial charge in [0.2, 0.25) is 5.91 Å². The van der Waals surface area contributed by atoms with Crippen molar-refractivity contribution in [3.8, 4) is 33.8 Å². The summed E-state index contributed by atoms with van der Waals surface area (Å²) >= 11 is 12.8. The number of hydrogen-bond acceptors (Lipinski definition) is 5. The molecular weight excluding hydrogens is 537 g/mol. The van der Waals surface area contributed by atoms with Gasteiger partial charge in [0, 0.05) is 57.8 Å². The first-order valence-electron chi connectivity index (χ1n) is 12.6. The van der Waals surface area contributed by atoms with Gasteiger partial charge >= 0.3 is 0 Å². The van der Waals surface area contributed by atoms with Gasteiger partial charge in [-0.3, -0.25) is 14.6 Å². The summed E-state index contributed by atoms with van der Waals surface area (Å²) in [4.78, 5) is 31.5. The number of carbonyl (C=O) groups excluding carboxylic acids is 2. The van der Waals surface area contributed by atoms with Crippen LogP contribution in [0.2, 0.25) is 10.0 Å². The lowest BCUT2D eigenvalue weighted by molar-refractivity contribution is 0.0777. The van der Waals surface area contributed by atoms with Crippen LogP contribution in [0.25, 0.3) is 28.1 Å². The van der Waals surface area contributed by atoms with Gasteiger partial charge in [0.05, 0.1) is 24.1 Å². The van der Waals surface area contributed by atoms with Crippen LogP contribution < -0.4 is 10.5 Å². The average molecular weight is 562 g/mol. The average Bonchev–Trinajstić information content (AvgIpc) is 3.70. The van der Waals surface area contributed by atoms with Crippen LogP contribution in [0.15, 0.2) is 48.8 Å². The van der Waals surface area contributed by atoms with Gasteiger partial charge in [0.15, 0.2) is 5.69 Å². The molecule has 2 amide bonds. The third-order valence-electron chi connectivity index (χ3n) is 7.35. The number of halogens is 2. The molecule has 0 bridgehead atoms. The lowest BCUT2D eigenvalue weighted by Gasteiger charge is -2.22. The van der Waals surface area contributed by atoms with E-state index in [2.05, 4.69) is 4.98 Å². The number of benzene rings is 2. The monoisotopic (exact) mass is 561 g/mol. The number of nitrogens with two attached hydrogens (primary N) is 1. The molecule has 2 N–H and O–H groups in total. The minimum absolute atomic E-state index is 0.101. The van der Waals surface area contributed by atoms with Crippen molar-refractivity contribution in [2.45, 2.75) is 31.7 Å². The molecule has 6 rings (SSSR count). The van der Waals surface area contributed by atoms with Crippen molar-refractivity contribution < 1.29 is 14.3 Å². The Morgan fingerprint density at radius 3 is 2.44 bits per heavy atom. The quantitative estimate of drug-likeness (QED) is 0.341. The summed E-state index contributed by atoms with van der Waals surface area (Å²) in [5, 5.41) is 5.79. The summed E-state index contributed by atoms with van der Waals surface area (Å²) in [5.74, 6) is -0.0270. The Morgan fingerprint density at radius 2 is 1.77 bits per heavy atom. The summed E-state index contributed by atoms with van der Waals surface area (Å²) < 4.78 is 7.50. The summed E-state index contributed by atoms with van der Waals surface area (Å²) in [6.07, 6.45) is 6.43. The summed E-state index contributed by atoms with van der Waals surface area (Å²) in [6, 6.07) is 11.1. The molecule has 8 nitrogen and oxygen atoms in total. The molecule has 2 aromatic carbocycles. The fraction of sp³-hybridized carbons (Fsp3) is 0.241. The van der Waals surface area contributed by atoms with Crippen LogP contribution in [0.5, 0.6) is 5.75 Å². The number of nitrogens with zero attached hydrogens (tertiary/aromatic N) is 4. The van der Waals surface area contributed by atoms with Crippen LogP contribution in [0, 0.1) is 0 Å². The summed E-state index contributed by atoms with van der Waals surface area (Å²) in [6.45, 7) is 0. The standard InChI is InChI=1S/C29H25Cl2N5O3/c1-35(20-4-5-20)29(38)26-22-6-3-15-8-25(39-2)23(16-7-17(28(32)37)14-33-13-16)12-24(15)27(22)36(34-26)21-10-18(30)9-19(31)11-21/h7-14,20H,3-6H2,1-2H3,(H2,32,37). The molecule has 1 saturated carbocycles. The number of fused-ring (bicyclic) bond motifs is 3. The van der Waals surface area contributed by atoms with Crippen LogP contribution in [-0.4, -0.2) is 51.7 Å². The Kier molecular flexibility index (Phi) is 6.32. The number of aryl methyl sites for hydroxylation is 1. The summed E-state index contributed by atoms with van der Waals surface area (Å²) in [5.41, 5.74) is 11.9. The Morgan fingerprint density at radius 1 is 1.03 bits per heavy atom.